The minimum absolute atomic E-state index is 0.0864. The first kappa shape index (κ1) is 15.6. The maximum atomic E-state index is 12.7. The summed E-state index contributed by atoms with van der Waals surface area (Å²) in [4.78, 5) is 17.1. The molecule has 0 aliphatic heterocycles. The molecule has 2 heterocycles. The third-order valence-electron chi connectivity index (χ3n) is 3.44. The Morgan fingerprint density at radius 2 is 2.30 bits per heavy atom. The number of fused-ring (bicyclic) bond motifs is 1. The molecule has 3 rings (SSSR count). The van der Waals surface area contributed by atoms with E-state index in [4.69, 9.17) is 17.0 Å². The standard InChI is InChI=1S/C16H15N3O2S2/c1-3-7-19-14-13(23-16(19)22)15(20)18(10-17-14)9-11-5-4-6-12(8-11)21-2/h3-6,8,10H,1,7,9H2,2H3. The van der Waals surface area contributed by atoms with E-state index in [9.17, 15) is 4.79 Å². The Bertz CT molecular complexity index is 985. The second-order valence-electron chi connectivity index (χ2n) is 4.95. The summed E-state index contributed by atoms with van der Waals surface area (Å²) in [5.41, 5.74) is 1.50. The number of aromatic nitrogens is 3. The summed E-state index contributed by atoms with van der Waals surface area (Å²) in [6.07, 6.45) is 3.30. The van der Waals surface area contributed by atoms with E-state index >= 15 is 0 Å². The number of benzene rings is 1. The van der Waals surface area contributed by atoms with Crippen molar-refractivity contribution < 1.29 is 4.74 Å². The van der Waals surface area contributed by atoms with Crippen LogP contribution in [0, 0.1) is 3.95 Å². The molecule has 0 saturated heterocycles. The molecule has 118 valence electrons. The van der Waals surface area contributed by atoms with Crippen molar-refractivity contribution in [3.63, 3.8) is 0 Å². The Labute approximate surface area is 142 Å². The van der Waals surface area contributed by atoms with Gasteiger partial charge >= 0.3 is 0 Å². The van der Waals surface area contributed by atoms with Gasteiger partial charge in [0.25, 0.3) is 5.56 Å². The zero-order chi connectivity index (χ0) is 16.4. The van der Waals surface area contributed by atoms with Crippen molar-refractivity contribution in [2.45, 2.75) is 13.1 Å². The lowest BCUT2D eigenvalue weighted by Crippen LogP contribution is -2.20. The summed E-state index contributed by atoms with van der Waals surface area (Å²) in [5, 5.41) is 0. The Balaban J connectivity index is 2.05. The summed E-state index contributed by atoms with van der Waals surface area (Å²) in [6, 6.07) is 7.62. The Hall–Kier alpha value is -2.25. The molecule has 0 unspecified atom stereocenters. The molecule has 0 bridgehead atoms. The Morgan fingerprint density at radius 3 is 3.04 bits per heavy atom. The lowest BCUT2D eigenvalue weighted by Gasteiger charge is -2.07. The highest BCUT2D eigenvalue weighted by molar-refractivity contribution is 7.73. The van der Waals surface area contributed by atoms with Crippen LogP contribution in [0.3, 0.4) is 0 Å². The van der Waals surface area contributed by atoms with Crippen molar-refractivity contribution >= 4 is 33.9 Å². The van der Waals surface area contributed by atoms with Crippen molar-refractivity contribution in [1.82, 2.24) is 14.1 Å². The van der Waals surface area contributed by atoms with E-state index in [1.165, 1.54) is 11.3 Å². The van der Waals surface area contributed by atoms with Gasteiger partial charge in [-0.05, 0) is 29.9 Å². The first-order valence-corrected chi connectivity index (χ1v) is 8.19. The van der Waals surface area contributed by atoms with Gasteiger partial charge in [-0.1, -0.05) is 29.5 Å². The fourth-order valence-corrected chi connectivity index (χ4v) is 3.66. The van der Waals surface area contributed by atoms with Gasteiger partial charge in [-0.3, -0.25) is 9.36 Å². The highest BCUT2D eigenvalue weighted by atomic mass is 32.1. The first-order valence-electron chi connectivity index (χ1n) is 6.96. The average molecular weight is 345 g/mol. The lowest BCUT2D eigenvalue weighted by molar-refractivity contribution is 0.414. The molecule has 3 aromatic rings. The molecule has 0 spiro atoms. The third kappa shape index (κ3) is 2.97. The summed E-state index contributed by atoms with van der Waals surface area (Å²) in [7, 11) is 1.62. The van der Waals surface area contributed by atoms with Crippen LogP contribution in [0.15, 0.2) is 48.0 Å². The predicted octanol–water partition coefficient (Wildman–Crippen LogP) is 3.23. The van der Waals surface area contributed by atoms with Crippen LogP contribution in [0.4, 0.5) is 0 Å². The number of hydrogen-bond donors (Lipinski definition) is 0. The number of allylic oxidation sites excluding steroid dienone is 1. The van der Waals surface area contributed by atoms with Gasteiger partial charge in [-0.15, -0.1) is 6.58 Å². The highest BCUT2D eigenvalue weighted by Crippen LogP contribution is 2.18. The second kappa shape index (κ2) is 6.47. The van der Waals surface area contributed by atoms with Gasteiger partial charge in [0.1, 0.15) is 16.8 Å². The second-order valence-corrected chi connectivity index (χ2v) is 6.59. The molecule has 0 aliphatic rings. The monoisotopic (exact) mass is 345 g/mol. The molecular weight excluding hydrogens is 330 g/mol. The van der Waals surface area contributed by atoms with E-state index in [1.807, 2.05) is 28.8 Å². The number of ether oxygens (including phenoxy) is 1. The van der Waals surface area contributed by atoms with Crippen molar-refractivity contribution in [1.29, 1.82) is 0 Å². The number of nitrogens with zero attached hydrogens (tertiary/aromatic N) is 3. The third-order valence-corrected chi connectivity index (χ3v) is 4.87. The van der Waals surface area contributed by atoms with Crippen LogP contribution in [0.25, 0.3) is 10.3 Å². The van der Waals surface area contributed by atoms with Gasteiger partial charge in [0.2, 0.25) is 0 Å². The molecule has 7 heteroatoms. The predicted molar refractivity (Wildman–Crippen MR) is 95.0 cm³/mol. The van der Waals surface area contributed by atoms with Crippen LogP contribution in [-0.4, -0.2) is 21.2 Å². The molecule has 1 aromatic carbocycles. The minimum Gasteiger partial charge on any atom is -0.497 e. The molecule has 0 fully saturated rings. The molecule has 0 radical (unpaired) electrons. The van der Waals surface area contributed by atoms with Gasteiger partial charge < -0.3 is 9.30 Å². The van der Waals surface area contributed by atoms with Gasteiger partial charge in [-0.2, -0.15) is 0 Å². The highest BCUT2D eigenvalue weighted by Gasteiger charge is 2.11. The first-order chi connectivity index (χ1) is 11.1. The SMILES string of the molecule is C=CCn1c(=S)sc2c(=O)n(Cc3cccc(OC)c3)cnc21. The van der Waals surface area contributed by atoms with Crippen LogP contribution >= 0.6 is 23.6 Å². The normalized spacial score (nSPS) is 10.8. The Morgan fingerprint density at radius 1 is 1.48 bits per heavy atom. The van der Waals surface area contributed by atoms with E-state index < -0.39 is 0 Å². The minimum atomic E-state index is -0.0864. The topological polar surface area (TPSA) is 49.0 Å². The number of hydrogen-bond acceptors (Lipinski definition) is 5. The largest absolute Gasteiger partial charge is 0.497 e. The molecule has 0 aliphatic carbocycles. The fourth-order valence-electron chi connectivity index (χ4n) is 2.34. The molecule has 0 N–H and O–H groups in total. The summed E-state index contributed by atoms with van der Waals surface area (Å²) in [6.45, 7) is 4.69. The molecule has 0 saturated carbocycles. The van der Waals surface area contributed by atoms with Crippen LogP contribution in [0.1, 0.15) is 5.56 Å². The Kier molecular flexibility index (Phi) is 4.40. The maximum absolute atomic E-state index is 12.7. The van der Waals surface area contributed by atoms with E-state index in [1.54, 1.807) is 24.1 Å². The van der Waals surface area contributed by atoms with Crippen LogP contribution in [0.5, 0.6) is 5.75 Å². The van der Waals surface area contributed by atoms with E-state index in [0.29, 0.717) is 27.4 Å². The van der Waals surface area contributed by atoms with E-state index in [0.717, 1.165) is 11.3 Å². The smallest absolute Gasteiger partial charge is 0.273 e. The summed E-state index contributed by atoms with van der Waals surface area (Å²) < 4.78 is 9.81. The van der Waals surface area contributed by atoms with Crippen molar-refractivity contribution in [3.8, 4) is 5.75 Å². The van der Waals surface area contributed by atoms with Gasteiger partial charge in [0.15, 0.2) is 9.60 Å². The molecule has 23 heavy (non-hydrogen) atoms. The van der Waals surface area contributed by atoms with E-state index in [-0.39, 0.29) is 5.56 Å². The van der Waals surface area contributed by atoms with E-state index in [2.05, 4.69) is 11.6 Å². The number of thiazole rings is 1. The summed E-state index contributed by atoms with van der Waals surface area (Å²) >= 11 is 6.60. The lowest BCUT2D eigenvalue weighted by atomic mass is 10.2. The van der Waals surface area contributed by atoms with Crippen molar-refractivity contribution in [3.05, 3.63) is 63.1 Å². The number of rotatable bonds is 5. The molecule has 2 aromatic heterocycles. The molecular formula is C16H15N3O2S2. The average Bonchev–Trinajstić information content (AvgIpc) is 2.88. The fraction of sp³-hybridized carbons (Fsp3) is 0.188. The van der Waals surface area contributed by atoms with Crippen molar-refractivity contribution in [2.24, 2.45) is 0 Å². The molecule has 0 atom stereocenters. The quantitative estimate of drug-likeness (QED) is 0.526. The molecule has 5 nitrogen and oxygen atoms in total. The molecule has 0 amide bonds. The van der Waals surface area contributed by atoms with Crippen LogP contribution in [-0.2, 0) is 13.1 Å². The maximum Gasteiger partial charge on any atom is 0.273 e. The van der Waals surface area contributed by atoms with Crippen molar-refractivity contribution in [2.75, 3.05) is 7.11 Å². The zero-order valence-corrected chi connectivity index (χ0v) is 14.2. The van der Waals surface area contributed by atoms with Gasteiger partial charge in [-0.25, -0.2) is 4.98 Å². The van der Waals surface area contributed by atoms with Gasteiger partial charge in [0.05, 0.1) is 13.7 Å². The summed E-state index contributed by atoms with van der Waals surface area (Å²) in [5.74, 6) is 0.761. The van der Waals surface area contributed by atoms with Gasteiger partial charge in [0, 0.05) is 6.54 Å². The number of methoxy groups -OCH3 is 1. The van der Waals surface area contributed by atoms with Crippen LogP contribution < -0.4 is 10.3 Å². The zero-order valence-electron chi connectivity index (χ0n) is 12.6. The van der Waals surface area contributed by atoms with Crippen LogP contribution in [0.2, 0.25) is 0 Å².